The molecule has 2 unspecified atom stereocenters. The molecule has 3 heterocycles. The first-order valence-corrected chi connectivity index (χ1v) is 10.1. The lowest BCUT2D eigenvalue weighted by Gasteiger charge is -2.34. The first-order valence-electron chi connectivity index (χ1n) is 10.1. The van der Waals surface area contributed by atoms with E-state index in [9.17, 15) is 4.79 Å². The van der Waals surface area contributed by atoms with E-state index in [0.717, 1.165) is 37.0 Å². The second kappa shape index (κ2) is 8.14. The minimum Gasteiger partial charge on any atom is -0.356 e. The van der Waals surface area contributed by atoms with Gasteiger partial charge < -0.3 is 10.2 Å². The molecular formula is C21H28N6O. The van der Waals surface area contributed by atoms with Gasteiger partial charge in [-0.1, -0.05) is 32.0 Å². The summed E-state index contributed by atoms with van der Waals surface area (Å²) < 4.78 is 1.70. The zero-order valence-electron chi connectivity index (χ0n) is 16.6. The average molecular weight is 380 g/mol. The van der Waals surface area contributed by atoms with E-state index < -0.39 is 0 Å². The van der Waals surface area contributed by atoms with E-state index in [4.69, 9.17) is 0 Å². The Hall–Kier alpha value is -2.67. The SMILES string of the molecule is CC1CC(C)CN(CCCNc2nc3c(cnn3-c3ccccc3)c(=O)[nH]2)C1. The van der Waals surface area contributed by atoms with Crippen molar-refractivity contribution in [3.8, 4) is 5.69 Å². The average Bonchev–Trinajstić information content (AvgIpc) is 3.10. The molecule has 1 saturated heterocycles. The number of nitrogens with one attached hydrogen (secondary N) is 2. The summed E-state index contributed by atoms with van der Waals surface area (Å²) in [7, 11) is 0. The molecule has 7 heteroatoms. The normalized spacial score (nSPS) is 20.5. The number of para-hydroxylation sites is 1. The highest BCUT2D eigenvalue weighted by atomic mass is 16.1. The fourth-order valence-corrected chi connectivity index (χ4v) is 4.24. The minimum absolute atomic E-state index is 0.173. The van der Waals surface area contributed by atoms with Crippen molar-refractivity contribution in [2.24, 2.45) is 11.8 Å². The van der Waals surface area contributed by atoms with E-state index in [-0.39, 0.29) is 5.56 Å². The summed E-state index contributed by atoms with van der Waals surface area (Å²) >= 11 is 0. The van der Waals surface area contributed by atoms with Crippen LogP contribution in [0.2, 0.25) is 0 Å². The molecular weight excluding hydrogens is 352 g/mol. The van der Waals surface area contributed by atoms with Crippen molar-refractivity contribution in [1.29, 1.82) is 0 Å². The van der Waals surface area contributed by atoms with Gasteiger partial charge in [0.2, 0.25) is 5.95 Å². The number of aromatic amines is 1. The molecule has 1 aromatic carbocycles. The molecule has 7 nitrogen and oxygen atoms in total. The molecule has 2 N–H and O–H groups in total. The summed E-state index contributed by atoms with van der Waals surface area (Å²) in [5, 5.41) is 8.10. The first kappa shape index (κ1) is 18.7. The molecule has 1 fully saturated rings. The number of likely N-dealkylation sites (tertiary alicyclic amines) is 1. The molecule has 148 valence electrons. The van der Waals surface area contributed by atoms with Gasteiger partial charge in [0.05, 0.1) is 11.9 Å². The molecule has 0 aliphatic carbocycles. The van der Waals surface area contributed by atoms with Crippen molar-refractivity contribution in [3.05, 3.63) is 46.9 Å². The maximum Gasteiger partial charge on any atom is 0.263 e. The number of anilines is 1. The number of piperidine rings is 1. The highest BCUT2D eigenvalue weighted by Crippen LogP contribution is 2.21. The van der Waals surface area contributed by atoms with Crippen molar-refractivity contribution in [2.75, 3.05) is 31.5 Å². The van der Waals surface area contributed by atoms with Gasteiger partial charge in [-0.25, -0.2) is 4.68 Å². The second-order valence-corrected chi connectivity index (χ2v) is 8.03. The molecule has 0 amide bonds. The number of hydrogen-bond acceptors (Lipinski definition) is 5. The summed E-state index contributed by atoms with van der Waals surface area (Å²) in [4.78, 5) is 22.4. The monoisotopic (exact) mass is 380 g/mol. The van der Waals surface area contributed by atoms with Crippen LogP contribution in [0.25, 0.3) is 16.7 Å². The van der Waals surface area contributed by atoms with Crippen LogP contribution in [0, 0.1) is 11.8 Å². The summed E-state index contributed by atoms with van der Waals surface area (Å²) in [6.07, 6.45) is 3.91. The van der Waals surface area contributed by atoms with Crippen molar-refractivity contribution >= 4 is 17.0 Å². The van der Waals surface area contributed by atoms with Gasteiger partial charge in [-0.2, -0.15) is 10.1 Å². The Balaban J connectivity index is 1.42. The molecule has 0 radical (unpaired) electrons. The standard InChI is InChI=1S/C21H28N6O/c1-15-11-16(2)14-26(13-15)10-6-9-22-21-24-19-18(20(28)25-21)12-23-27(19)17-7-4-3-5-8-17/h3-5,7-8,12,15-16H,6,9-11,13-14H2,1-2H3,(H2,22,24,25,28). The van der Waals surface area contributed by atoms with Gasteiger partial charge in [0.25, 0.3) is 5.56 Å². The van der Waals surface area contributed by atoms with Crippen molar-refractivity contribution < 1.29 is 0 Å². The summed E-state index contributed by atoms with van der Waals surface area (Å²) in [5.41, 5.74) is 1.28. The van der Waals surface area contributed by atoms with Gasteiger partial charge in [-0.3, -0.25) is 9.78 Å². The van der Waals surface area contributed by atoms with E-state index in [1.807, 2.05) is 30.3 Å². The van der Waals surface area contributed by atoms with Crippen molar-refractivity contribution in [3.63, 3.8) is 0 Å². The largest absolute Gasteiger partial charge is 0.356 e. The van der Waals surface area contributed by atoms with Crippen LogP contribution in [-0.4, -0.2) is 50.8 Å². The van der Waals surface area contributed by atoms with Gasteiger partial charge in [0.1, 0.15) is 5.39 Å². The van der Waals surface area contributed by atoms with Gasteiger partial charge in [0, 0.05) is 19.6 Å². The Labute approximate surface area is 164 Å². The predicted molar refractivity (Wildman–Crippen MR) is 112 cm³/mol. The topological polar surface area (TPSA) is 78.8 Å². The van der Waals surface area contributed by atoms with Gasteiger partial charge in [-0.05, 0) is 43.4 Å². The highest BCUT2D eigenvalue weighted by Gasteiger charge is 2.21. The number of nitrogens with zero attached hydrogens (tertiary/aromatic N) is 4. The lowest BCUT2D eigenvalue weighted by molar-refractivity contribution is 0.141. The van der Waals surface area contributed by atoms with Gasteiger partial charge in [0.15, 0.2) is 5.65 Å². The minimum atomic E-state index is -0.173. The quantitative estimate of drug-likeness (QED) is 0.643. The molecule has 4 rings (SSSR count). The summed E-state index contributed by atoms with van der Waals surface area (Å²) in [6, 6.07) is 9.73. The molecule has 0 bridgehead atoms. The number of hydrogen-bond donors (Lipinski definition) is 2. The van der Waals surface area contributed by atoms with Crippen LogP contribution < -0.4 is 10.9 Å². The molecule has 1 aliphatic rings. The maximum atomic E-state index is 12.4. The van der Waals surface area contributed by atoms with Crippen LogP contribution >= 0.6 is 0 Å². The molecule has 0 spiro atoms. The van der Waals surface area contributed by atoms with E-state index in [2.05, 4.69) is 39.1 Å². The van der Waals surface area contributed by atoms with Crippen LogP contribution in [0.1, 0.15) is 26.7 Å². The lowest BCUT2D eigenvalue weighted by atomic mass is 9.92. The zero-order chi connectivity index (χ0) is 19.5. The smallest absolute Gasteiger partial charge is 0.263 e. The fourth-order valence-electron chi connectivity index (χ4n) is 4.24. The molecule has 28 heavy (non-hydrogen) atoms. The number of aromatic nitrogens is 4. The Morgan fingerprint density at radius 1 is 1.18 bits per heavy atom. The van der Waals surface area contributed by atoms with Crippen LogP contribution in [0.4, 0.5) is 5.95 Å². The van der Waals surface area contributed by atoms with E-state index in [0.29, 0.717) is 17.0 Å². The third kappa shape index (κ3) is 4.09. The predicted octanol–water partition coefficient (Wildman–Crippen LogP) is 2.89. The Morgan fingerprint density at radius 3 is 2.68 bits per heavy atom. The van der Waals surface area contributed by atoms with Crippen molar-refractivity contribution in [1.82, 2.24) is 24.6 Å². The molecule has 1 aliphatic heterocycles. The summed E-state index contributed by atoms with van der Waals surface area (Å²) in [5.74, 6) is 2.04. The van der Waals surface area contributed by atoms with E-state index in [1.54, 1.807) is 10.9 Å². The van der Waals surface area contributed by atoms with Crippen LogP contribution in [0.15, 0.2) is 41.3 Å². The highest BCUT2D eigenvalue weighted by molar-refractivity contribution is 5.76. The maximum absolute atomic E-state index is 12.4. The number of benzene rings is 1. The van der Waals surface area contributed by atoms with Gasteiger partial charge in [-0.15, -0.1) is 0 Å². The third-order valence-corrected chi connectivity index (χ3v) is 5.33. The van der Waals surface area contributed by atoms with Crippen LogP contribution in [0.5, 0.6) is 0 Å². The van der Waals surface area contributed by atoms with Crippen LogP contribution in [-0.2, 0) is 0 Å². The third-order valence-electron chi connectivity index (χ3n) is 5.33. The number of rotatable bonds is 6. The van der Waals surface area contributed by atoms with E-state index in [1.165, 1.54) is 19.5 Å². The molecule has 0 saturated carbocycles. The van der Waals surface area contributed by atoms with Crippen LogP contribution in [0.3, 0.4) is 0 Å². The number of H-pyrrole nitrogens is 1. The summed E-state index contributed by atoms with van der Waals surface area (Å²) in [6.45, 7) is 8.87. The Kier molecular flexibility index (Phi) is 5.43. The van der Waals surface area contributed by atoms with Gasteiger partial charge >= 0.3 is 0 Å². The fraction of sp³-hybridized carbons (Fsp3) is 0.476. The Bertz CT molecular complexity index is 969. The van der Waals surface area contributed by atoms with E-state index >= 15 is 0 Å². The second-order valence-electron chi connectivity index (χ2n) is 8.03. The zero-order valence-corrected chi connectivity index (χ0v) is 16.6. The molecule has 2 atom stereocenters. The lowest BCUT2D eigenvalue weighted by Crippen LogP contribution is -2.39. The first-order chi connectivity index (χ1) is 13.6. The van der Waals surface area contributed by atoms with Crippen molar-refractivity contribution in [2.45, 2.75) is 26.7 Å². The molecule has 3 aromatic rings. The number of fused-ring (bicyclic) bond motifs is 1. The molecule has 2 aromatic heterocycles. The Morgan fingerprint density at radius 2 is 1.93 bits per heavy atom.